The summed E-state index contributed by atoms with van der Waals surface area (Å²) < 4.78 is 0. The third-order valence-electron chi connectivity index (χ3n) is 4.43. The van der Waals surface area contributed by atoms with Gasteiger partial charge < -0.3 is 9.97 Å². The first-order valence-electron chi connectivity index (χ1n) is 8.29. The molecule has 2 rings (SSSR count). The lowest BCUT2D eigenvalue weighted by atomic mass is 9.97. The number of carbonyl (C=O) groups is 4. The SMILES string of the molecule is CCc1c(C=O)[nH]c(Cc2[nH]c(C=O)c(CC)c2C(C)=O)c1C(C)=O. The fraction of sp³-hybridized carbons (Fsp3) is 0.368. The Hall–Kier alpha value is -2.76. The quantitative estimate of drug-likeness (QED) is 0.569. The van der Waals surface area contributed by atoms with E-state index in [0.29, 0.717) is 70.4 Å². The number of hydrogen-bond acceptors (Lipinski definition) is 4. The Bertz CT molecular complexity index is 785. The van der Waals surface area contributed by atoms with E-state index in [-0.39, 0.29) is 18.0 Å². The van der Waals surface area contributed by atoms with Crippen molar-refractivity contribution in [3.8, 4) is 0 Å². The van der Waals surface area contributed by atoms with Crippen LogP contribution in [0.2, 0.25) is 0 Å². The van der Waals surface area contributed by atoms with Gasteiger partial charge in [0.1, 0.15) is 0 Å². The van der Waals surface area contributed by atoms with Gasteiger partial charge >= 0.3 is 0 Å². The smallest absolute Gasteiger partial charge is 0.166 e. The van der Waals surface area contributed by atoms with Crippen molar-refractivity contribution in [2.24, 2.45) is 0 Å². The van der Waals surface area contributed by atoms with Crippen LogP contribution in [-0.4, -0.2) is 34.1 Å². The van der Waals surface area contributed by atoms with Crippen molar-refractivity contribution in [2.45, 2.75) is 47.0 Å². The van der Waals surface area contributed by atoms with E-state index in [0.717, 1.165) is 0 Å². The van der Waals surface area contributed by atoms with Crippen LogP contribution in [0.25, 0.3) is 0 Å². The van der Waals surface area contributed by atoms with Gasteiger partial charge in [0, 0.05) is 28.9 Å². The second-order valence-electron chi connectivity index (χ2n) is 5.97. The standard InChI is InChI=1S/C19H22N2O4/c1-5-12-16(8-22)20-14(18(12)10(3)24)7-15-19(11(4)25)13(6-2)17(9-23)21-15/h8-9,20-21H,5-7H2,1-4H3. The molecule has 0 spiro atoms. The van der Waals surface area contributed by atoms with Crippen LogP contribution >= 0.6 is 0 Å². The molecular formula is C19H22N2O4. The number of carbonyl (C=O) groups excluding carboxylic acids is 4. The fourth-order valence-corrected chi connectivity index (χ4v) is 3.46. The molecule has 0 aromatic carbocycles. The summed E-state index contributed by atoms with van der Waals surface area (Å²) in [5.74, 6) is -0.281. The van der Waals surface area contributed by atoms with E-state index in [2.05, 4.69) is 9.97 Å². The van der Waals surface area contributed by atoms with Gasteiger partial charge in [-0.05, 0) is 37.8 Å². The highest BCUT2D eigenvalue weighted by atomic mass is 16.1. The molecule has 0 aliphatic carbocycles. The zero-order chi connectivity index (χ0) is 18.7. The largest absolute Gasteiger partial charge is 0.355 e. The van der Waals surface area contributed by atoms with Gasteiger partial charge in [0.05, 0.1) is 11.4 Å². The molecule has 2 aromatic rings. The van der Waals surface area contributed by atoms with Crippen molar-refractivity contribution >= 4 is 24.1 Å². The molecule has 2 N–H and O–H groups in total. The number of aldehydes is 2. The van der Waals surface area contributed by atoms with E-state index in [4.69, 9.17) is 0 Å². The molecule has 25 heavy (non-hydrogen) atoms. The minimum Gasteiger partial charge on any atom is -0.355 e. The maximum Gasteiger partial charge on any atom is 0.166 e. The molecule has 0 unspecified atom stereocenters. The summed E-state index contributed by atoms with van der Waals surface area (Å²) in [6.45, 7) is 6.66. The Morgan fingerprint density at radius 3 is 1.40 bits per heavy atom. The number of Topliss-reactive ketones (excluding diaryl/α,β-unsaturated/α-hetero) is 2. The zero-order valence-corrected chi connectivity index (χ0v) is 14.9. The van der Waals surface area contributed by atoms with E-state index in [1.165, 1.54) is 13.8 Å². The Balaban J connectivity index is 2.65. The van der Waals surface area contributed by atoms with E-state index in [1.54, 1.807) is 0 Å². The molecule has 0 amide bonds. The Morgan fingerprint density at radius 2 is 1.16 bits per heavy atom. The van der Waals surface area contributed by atoms with Crippen LogP contribution in [-0.2, 0) is 19.3 Å². The molecule has 0 radical (unpaired) electrons. The minimum absolute atomic E-state index is 0.140. The third-order valence-corrected chi connectivity index (χ3v) is 4.43. The summed E-state index contributed by atoms with van der Waals surface area (Å²) >= 11 is 0. The summed E-state index contributed by atoms with van der Waals surface area (Å²) in [7, 11) is 0. The first-order valence-corrected chi connectivity index (χ1v) is 8.29. The highest BCUT2D eigenvalue weighted by Gasteiger charge is 2.24. The molecule has 0 aliphatic heterocycles. The number of rotatable bonds is 8. The monoisotopic (exact) mass is 342 g/mol. The van der Waals surface area contributed by atoms with Crippen LogP contribution in [0.3, 0.4) is 0 Å². The molecule has 6 heteroatoms. The number of aromatic nitrogens is 2. The summed E-state index contributed by atoms with van der Waals surface area (Å²) in [5, 5.41) is 0. The molecular weight excluding hydrogens is 320 g/mol. The van der Waals surface area contributed by atoms with Crippen LogP contribution < -0.4 is 0 Å². The van der Waals surface area contributed by atoms with Crippen molar-refractivity contribution in [1.29, 1.82) is 0 Å². The average molecular weight is 342 g/mol. The Labute approximate surface area is 146 Å². The first-order chi connectivity index (χ1) is 11.9. The molecule has 0 aliphatic rings. The molecule has 0 saturated carbocycles. The van der Waals surface area contributed by atoms with Crippen molar-refractivity contribution in [3.05, 3.63) is 45.0 Å². The van der Waals surface area contributed by atoms with Crippen molar-refractivity contribution in [1.82, 2.24) is 9.97 Å². The van der Waals surface area contributed by atoms with Gasteiger partial charge in [-0.2, -0.15) is 0 Å². The molecule has 2 aromatic heterocycles. The van der Waals surface area contributed by atoms with E-state index < -0.39 is 0 Å². The average Bonchev–Trinajstić information content (AvgIpc) is 3.11. The second kappa shape index (κ2) is 7.42. The molecule has 2 heterocycles. The van der Waals surface area contributed by atoms with Crippen LogP contribution in [0.4, 0.5) is 0 Å². The lowest BCUT2D eigenvalue weighted by Gasteiger charge is -2.05. The number of nitrogens with one attached hydrogen (secondary N) is 2. The Kier molecular flexibility index (Phi) is 5.51. The highest BCUT2D eigenvalue weighted by molar-refractivity contribution is 6.01. The molecule has 132 valence electrons. The van der Waals surface area contributed by atoms with Crippen LogP contribution in [0.1, 0.15) is 91.9 Å². The lowest BCUT2D eigenvalue weighted by Crippen LogP contribution is -2.05. The zero-order valence-electron chi connectivity index (χ0n) is 14.9. The van der Waals surface area contributed by atoms with Gasteiger partial charge in [-0.1, -0.05) is 13.8 Å². The summed E-state index contributed by atoms with van der Waals surface area (Å²) in [4.78, 5) is 52.8. The summed E-state index contributed by atoms with van der Waals surface area (Å²) in [6.07, 6.45) is 2.73. The highest BCUT2D eigenvalue weighted by Crippen LogP contribution is 2.26. The topological polar surface area (TPSA) is 99.9 Å². The van der Waals surface area contributed by atoms with Gasteiger partial charge in [-0.25, -0.2) is 0 Å². The molecule has 6 nitrogen and oxygen atoms in total. The summed E-state index contributed by atoms with van der Waals surface area (Å²) in [5.41, 5.74) is 4.25. The number of hydrogen-bond donors (Lipinski definition) is 2. The van der Waals surface area contributed by atoms with E-state index in [9.17, 15) is 19.2 Å². The van der Waals surface area contributed by atoms with Gasteiger partial charge in [0.15, 0.2) is 24.1 Å². The third kappa shape index (κ3) is 3.24. The van der Waals surface area contributed by atoms with Crippen molar-refractivity contribution in [3.63, 3.8) is 0 Å². The number of ketones is 2. The Morgan fingerprint density at radius 1 is 0.800 bits per heavy atom. The normalized spacial score (nSPS) is 10.7. The predicted molar refractivity (Wildman–Crippen MR) is 93.9 cm³/mol. The van der Waals surface area contributed by atoms with Crippen LogP contribution in [0.15, 0.2) is 0 Å². The fourth-order valence-electron chi connectivity index (χ4n) is 3.46. The molecule has 0 fully saturated rings. The van der Waals surface area contributed by atoms with Crippen LogP contribution in [0.5, 0.6) is 0 Å². The van der Waals surface area contributed by atoms with Gasteiger partial charge in [0.25, 0.3) is 0 Å². The van der Waals surface area contributed by atoms with E-state index in [1.807, 2.05) is 13.8 Å². The number of H-pyrrole nitrogens is 2. The number of aromatic amines is 2. The maximum atomic E-state index is 12.1. The first kappa shape index (κ1) is 18.6. The lowest BCUT2D eigenvalue weighted by molar-refractivity contribution is 0.100. The molecule has 0 atom stereocenters. The van der Waals surface area contributed by atoms with Crippen LogP contribution in [0, 0.1) is 0 Å². The minimum atomic E-state index is -0.140. The predicted octanol–water partition coefficient (Wildman–Crippen LogP) is 3.09. The van der Waals surface area contributed by atoms with Gasteiger partial charge in [-0.15, -0.1) is 0 Å². The van der Waals surface area contributed by atoms with Gasteiger partial charge in [-0.3, -0.25) is 19.2 Å². The molecule has 0 bridgehead atoms. The maximum absolute atomic E-state index is 12.1. The second-order valence-corrected chi connectivity index (χ2v) is 5.97. The summed E-state index contributed by atoms with van der Waals surface area (Å²) in [6, 6.07) is 0. The van der Waals surface area contributed by atoms with E-state index >= 15 is 0 Å². The molecule has 0 saturated heterocycles. The van der Waals surface area contributed by atoms with Crippen molar-refractivity contribution in [2.75, 3.05) is 0 Å². The van der Waals surface area contributed by atoms with Crippen molar-refractivity contribution < 1.29 is 19.2 Å². The van der Waals surface area contributed by atoms with Gasteiger partial charge in [0.2, 0.25) is 0 Å².